The molecule has 0 aliphatic rings. The van der Waals surface area contributed by atoms with Gasteiger partial charge in [0.05, 0.1) is 0 Å². The number of hydrogen-bond donors (Lipinski definition) is 0. The summed E-state index contributed by atoms with van der Waals surface area (Å²) in [5.74, 6) is 0. The van der Waals surface area contributed by atoms with Crippen LogP contribution in [0.2, 0.25) is 0 Å². The lowest BCUT2D eigenvalue weighted by molar-refractivity contribution is -0.104. The third kappa shape index (κ3) is 5.42. The molecule has 0 N–H and O–H groups in total. The molecule has 0 aliphatic heterocycles. The molecule has 0 bridgehead atoms. The summed E-state index contributed by atoms with van der Waals surface area (Å²) in [4.78, 5) is 10.2. The van der Waals surface area contributed by atoms with Crippen LogP contribution in [0.4, 0.5) is 0 Å². The number of carbonyl (C=O) groups is 1. The first-order valence-corrected chi connectivity index (χ1v) is 3.80. The Hall–Kier alpha value is -1.37. The molecular formula is C11H14O. The molecule has 0 atom stereocenters. The molecule has 1 nitrogen and oxygen atoms in total. The highest BCUT2D eigenvalue weighted by Crippen LogP contribution is 1.96. The van der Waals surface area contributed by atoms with Crippen LogP contribution in [0.25, 0.3) is 0 Å². The van der Waals surface area contributed by atoms with Gasteiger partial charge in [-0.15, -0.1) is 0 Å². The second-order valence-electron chi connectivity index (χ2n) is 2.53. The Bertz CT molecular complexity index is 242. The summed E-state index contributed by atoms with van der Waals surface area (Å²) >= 11 is 0. The normalized spacial score (nSPS) is 13.5. The zero-order valence-corrected chi connectivity index (χ0v) is 7.58. The lowest BCUT2D eigenvalue weighted by atomic mass is 10.2. The highest BCUT2D eigenvalue weighted by atomic mass is 16.1. The molecule has 0 heterocycles. The molecule has 0 amide bonds. The van der Waals surface area contributed by atoms with Crippen LogP contribution in [-0.2, 0) is 4.79 Å². The maximum absolute atomic E-state index is 10.2. The number of allylic oxidation sites excluding steroid dienone is 7. The van der Waals surface area contributed by atoms with Gasteiger partial charge in [-0.25, -0.2) is 0 Å². The fourth-order valence-corrected chi connectivity index (χ4v) is 0.632. The predicted molar refractivity (Wildman–Crippen MR) is 52.9 cm³/mol. The van der Waals surface area contributed by atoms with E-state index in [9.17, 15) is 4.79 Å². The van der Waals surface area contributed by atoms with Gasteiger partial charge in [-0.3, -0.25) is 4.79 Å². The fourth-order valence-electron chi connectivity index (χ4n) is 0.632. The molecule has 0 spiro atoms. The first kappa shape index (κ1) is 10.6. The Balaban J connectivity index is 4.16. The van der Waals surface area contributed by atoms with Crippen molar-refractivity contribution in [1.82, 2.24) is 0 Å². The van der Waals surface area contributed by atoms with Crippen molar-refractivity contribution >= 4 is 6.29 Å². The molecule has 12 heavy (non-hydrogen) atoms. The molecule has 0 radical (unpaired) electrons. The van der Waals surface area contributed by atoms with Crippen LogP contribution >= 0.6 is 0 Å². The van der Waals surface area contributed by atoms with Gasteiger partial charge in [0.25, 0.3) is 0 Å². The summed E-state index contributed by atoms with van der Waals surface area (Å²) in [7, 11) is 0. The van der Waals surface area contributed by atoms with Gasteiger partial charge >= 0.3 is 0 Å². The van der Waals surface area contributed by atoms with Crippen LogP contribution in [0, 0.1) is 0 Å². The smallest absolute Gasteiger partial charge is 0.145 e. The summed E-state index contributed by atoms with van der Waals surface area (Å²) in [5, 5.41) is 0. The Morgan fingerprint density at radius 3 is 2.33 bits per heavy atom. The van der Waals surface area contributed by atoms with Crippen molar-refractivity contribution in [2.45, 2.75) is 13.8 Å². The largest absolute Gasteiger partial charge is 0.298 e. The van der Waals surface area contributed by atoms with Crippen molar-refractivity contribution in [2.24, 2.45) is 0 Å². The van der Waals surface area contributed by atoms with E-state index in [1.807, 2.05) is 25.2 Å². The maximum atomic E-state index is 10.2. The van der Waals surface area contributed by atoms with Gasteiger partial charge in [-0.05, 0) is 19.4 Å². The first-order chi connectivity index (χ1) is 5.70. The van der Waals surface area contributed by atoms with Gasteiger partial charge in [0, 0.05) is 0 Å². The number of carbonyl (C=O) groups excluding carboxylic acids is 1. The molecular weight excluding hydrogens is 148 g/mol. The number of hydrogen-bond acceptors (Lipinski definition) is 1. The van der Waals surface area contributed by atoms with E-state index in [1.54, 1.807) is 19.1 Å². The number of aldehydes is 1. The van der Waals surface area contributed by atoms with E-state index >= 15 is 0 Å². The minimum absolute atomic E-state index is 0.720. The van der Waals surface area contributed by atoms with Gasteiger partial charge in [-0.2, -0.15) is 0 Å². The van der Waals surface area contributed by atoms with Gasteiger partial charge in [-0.1, -0.05) is 42.5 Å². The third-order valence-electron chi connectivity index (χ3n) is 1.28. The minimum atomic E-state index is 0.720. The SMILES string of the molecule is C=C/C=C(C)/C=C/C=C(\C)C=O. The van der Waals surface area contributed by atoms with Crippen LogP contribution in [0.15, 0.2) is 48.1 Å². The lowest BCUT2D eigenvalue weighted by Gasteiger charge is -1.86. The van der Waals surface area contributed by atoms with Crippen molar-refractivity contribution < 1.29 is 4.79 Å². The van der Waals surface area contributed by atoms with E-state index in [0.29, 0.717) is 0 Å². The topological polar surface area (TPSA) is 17.1 Å². The number of rotatable bonds is 4. The average Bonchev–Trinajstić information content (AvgIpc) is 2.04. The van der Waals surface area contributed by atoms with E-state index in [-0.39, 0.29) is 0 Å². The predicted octanol–water partition coefficient (Wildman–Crippen LogP) is 2.82. The summed E-state index contributed by atoms with van der Waals surface area (Å²) in [5.41, 5.74) is 1.83. The standard InChI is InChI=1S/C11H14O/c1-4-6-10(2)7-5-8-11(3)9-12/h4-9H,1H2,2-3H3/b7-5+,10-6+,11-8+. The average molecular weight is 162 g/mol. The summed E-state index contributed by atoms with van der Waals surface area (Å²) in [6.45, 7) is 7.32. The minimum Gasteiger partial charge on any atom is -0.298 e. The molecule has 64 valence electrons. The van der Waals surface area contributed by atoms with Crippen LogP contribution in [-0.4, -0.2) is 6.29 Å². The molecule has 0 unspecified atom stereocenters. The molecule has 1 heteroatoms. The molecule has 0 rings (SSSR count). The Kier molecular flexibility index (Phi) is 5.62. The quantitative estimate of drug-likeness (QED) is 0.353. The van der Waals surface area contributed by atoms with Gasteiger partial charge < -0.3 is 0 Å². The third-order valence-corrected chi connectivity index (χ3v) is 1.28. The van der Waals surface area contributed by atoms with Gasteiger partial charge in [0.1, 0.15) is 6.29 Å². The monoisotopic (exact) mass is 162 g/mol. The van der Waals surface area contributed by atoms with Crippen molar-refractivity contribution in [3.63, 3.8) is 0 Å². The van der Waals surface area contributed by atoms with Gasteiger partial charge in [0.2, 0.25) is 0 Å². The Labute approximate surface area is 73.8 Å². The van der Waals surface area contributed by atoms with Crippen molar-refractivity contribution in [2.75, 3.05) is 0 Å². The fraction of sp³-hybridized carbons (Fsp3) is 0.182. The Morgan fingerprint density at radius 2 is 1.83 bits per heavy atom. The molecule has 0 aliphatic carbocycles. The first-order valence-electron chi connectivity index (χ1n) is 3.80. The van der Waals surface area contributed by atoms with Crippen LogP contribution in [0.1, 0.15) is 13.8 Å². The highest BCUT2D eigenvalue weighted by Gasteiger charge is 1.79. The van der Waals surface area contributed by atoms with E-state index in [0.717, 1.165) is 17.4 Å². The van der Waals surface area contributed by atoms with E-state index < -0.39 is 0 Å². The van der Waals surface area contributed by atoms with Crippen molar-refractivity contribution in [1.29, 1.82) is 0 Å². The molecule has 0 saturated carbocycles. The maximum Gasteiger partial charge on any atom is 0.145 e. The molecule has 0 saturated heterocycles. The Morgan fingerprint density at radius 1 is 1.17 bits per heavy atom. The molecule has 0 fully saturated rings. The lowest BCUT2D eigenvalue weighted by Crippen LogP contribution is -1.72. The summed E-state index contributed by atoms with van der Waals surface area (Å²) in [6.07, 6.45) is 10.0. The van der Waals surface area contributed by atoms with Crippen LogP contribution < -0.4 is 0 Å². The summed E-state index contributed by atoms with van der Waals surface area (Å²) < 4.78 is 0. The van der Waals surface area contributed by atoms with Crippen molar-refractivity contribution in [3.8, 4) is 0 Å². The molecule has 0 aromatic rings. The second-order valence-corrected chi connectivity index (χ2v) is 2.53. The zero-order valence-electron chi connectivity index (χ0n) is 7.58. The summed E-state index contributed by atoms with van der Waals surface area (Å²) in [6, 6.07) is 0. The highest BCUT2D eigenvalue weighted by molar-refractivity contribution is 5.72. The van der Waals surface area contributed by atoms with Gasteiger partial charge in [0.15, 0.2) is 0 Å². The molecule has 0 aromatic heterocycles. The van der Waals surface area contributed by atoms with Crippen molar-refractivity contribution in [3.05, 3.63) is 48.1 Å². The zero-order chi connectivity index (χ0) is 9.40. The van der Waals surface area contributed by atoms with Crippen LogP contribution in [0.3, 0.4) is 0 Å². The second kappa shape index (κ2) is 6.35. The molecule has 0 aromatic carbocycles. The van der Waals surface area contributed by atoms with E-state index in [4.69, 9.17) is 0 Å². The van der Waals surface area contributed by atoms with E-state index in [2.05, 4.69) is 6.58 Å². The van der Waals surface area contributed by atoms with E-state index in [1.165, 1.54) is 0 Å². The van der Waals surface area contributed by atoms with Crippen LogP contribution in [0.5, 0.6) is 0 Å².